The van der Waals surface area contributed by atoms with Crippen LogP contribution >= 0.6 is 0 Å². The second-order valence-corrected chi connectivity index (χ2v) is 3.36. The van der Waals surface area contributed by atoms with Crippen molar-refractivity contribution >= 4 is 21.8 Å². The summed E-state index contributed by atoms with van der Waals surface area (Å²) in [4.78, 5) is 24.7. The van der Waals surface area contributed by atoms with Crippen LogP contribution in [0.5, 0.6) is 0 Å². The predicted molar refractivity (Wildman–Crippen MR) is 75.4 cm³/mol. The number of aromatic nitrogens is 2. The van der Waals surface area contributed by atoms with E-state index in [4.69, 9.17) is 20.2 Å². The molecule has 8 nitrogen and oxygen atoms in total. The molecule has 0 amide bonds. The van der Waals surface area contributed by atoms with E-state index in [0.29, 0.717) is 0 Å². The van der Waals surface area contributed by atoms with E-state index in [0.717, 1.165) is 32.5 Å². The number of benzene rings is 1. The molecular weight excluding hydrogens is 328 g/mol. The smallest absolute Gasteiger partial charge is 0.444 e. The number of hydrogen-bond donors (Lipinski definition) is 0. The Morgan fingerprint density at radius 3 is 1.43 bits per heavy atom. The Balaban J connectivity index is 0.000000502. The van der Waals surface area contributed by atoms with Crippen LogP contribution in [-0.4, -0.2) is 9.97 Å². The van der Waals surface area contributed by atoms with Gasteiger partial charge in [-0.05, 0) is 12.1 Å². The summed E-state index contributed by atoms with van der Waals surface area (Å²) in [7, 11) is 0. The fourth-order valence-electron chi connectivity index (χ4n) is 1.68. The average Bonchev–Trinajstić information content (AvgIpc) is 2.49. The summed E-state index contributed by atoms with van der Waals surface area (Å²) >= 11 is 0. The minimum Gasteiger partial charge on any atom is -0.444 e. The van der Waals surface area contributed by atoms with E-state index in [-0.39, 0.29) is 17.1 Å². The van der Waals surface area contributed by atoms with Crippen LogP contribution in [0.2, 0.25) is 0 Å². The van der Waals surface area contributed by atoms with Gasteiger partial charge in [0.25, 0.3) is 0 Å². The molecule has 2 heterocycles. The first-order chi connectivity index (χ1) is 9.78. The second-order valence-electron chi connectivity index (χ2n) is 3.36. The topological polar surface area (TPSA) is 131 Å². The zero-order valence-corrected chi connectivity index (χ0v) is 11.3. The molecule has 1 aromatic carbocycles. The van der Waals surface area contributed by atoms with E-state index >= 15 is 0 Å². The standard InChI is InChI=1S/C12H8N2.Cu.2HNO2/c1-3-9-5-6-10-4-2-8-14-12(10)11(9)13-7-1;;2*2-1-3/h1-8H;;2*(H,2,3)/q;+2;;/p-2. The molecule has 0 N–H and O–H groups in total. The van der Waals surface area contributed by atoms with Gasteiger partial charge < -0.3 is 20.2 Å². The third kappa shape index (κ3) is 5.09. The van der Waals surface area contributed by atoms with E-state index in [1.165, 1.54) is 0 Å². The van der Waals surface area contributed by atoms with Crippen molar-refractivity contribution in [1.82, 2.24) is 9.97 Å². The Labute approximate surface area is 129 Å². The molecule has 0 spiro atoms. The first-order valence-electron chi connectivity index (χ1n) is 5.27. The molecule has 0 saturated carbocycles. The van der Waals surface area contributed by atoms with Crippen LogP contribution in [0.3, 0.4) is 0 Å². The molecule has 21 heavy (non-hydrogen) atoms. The van der Waals surface area contributed by atoms with Crippen LogP contribution in [0.1, 0.15) is 0 Å². The van der Waals surface area contributed by atoms with Gasteiger partial charge in [0.2, 0.25) is 0 Å². The van der Waals surface area contributed by atoms with Gasteiger partial charge in [-0.2, -0.15) is 0 Å². The summed E-state index contributed by atoms with van der Waals surface area (Å²) in [6.07, 6.45) is 3.60. The van der Waals surface area contributed by atoms with Crippen molar-refractivity contribution in [2.45, 2.75) is 0 Å². The maximum Gasteiger partial charge on any atom is 2.00 e. The van der Waals surface area contributed by atoms with Gasteiger partial charge in [0.15, 0.2) is 0 Å². The molecule has 0 aliphatic heterocycles. The van der Waals surface area contributed by atoms with Crippen molar-refractivity contribution < 1.29 is 17.1 Å². The van der Waals surface area contributed by atoms with Crippen molar-refractivity contribution in [3.63, 3.8) is 0 Å². The maximum atomic E-state index is 8.00. The first kappa shape index (κ1) is 18.4. The molecule has 0 fully saturated rings. The van der Waals surface area contributed by atoms with Crippen molar-refractivity contribution in [3.8, 4) is 0 Å². The summed E-state index contributed by atoms with van der Waals surface area (Å²) in [5.74, 6) is 0. The molecule has 0 aliphatic rings. The zero-order valence-electron chi connectivity index (χ0n) is 10.3. The Hall–Kier alpha value is -2.64. The molecule has 0 unspecified atom stereocenters. The number of nitrogens with zero attached hydrogens (tertiary/aromatic N) is 4. The van der Waals surface area contributed by atoms with Gasteiger partial charge in [-0.15, -0.1) is 10.7 Å². The molecule has 111 valence electrons. The van der Waals surface area contributed by atoms with E-state index in [9.17, 15) is 0 Å². The summed E-state index contributed by atoms with van der Waals surface area (Å²) in [5.41, 5.74) is 1.95. The molecule has 9 heteroatoms. The van der Waals surface area contributed by atoms with Crippen LogP contribution in [0, 0.1) is 20.2 Å². The second kappa shape index (κ2) is 10.2. The Morgan fingerprint density at radius 2 is 1.10 bits per heavy atom. The SMILES string of the molecule is O=N[O-].O=N[O-].[Cu+2].c1cnc2c(c1)ccc1cccnc12. The number of pyridine rings is 2. The van der Waals surface area contributed by atoms with Crippen LogP contribution in [0.4, 0.5) is 0 Å². The molecule has 3 rings (SSSR count). The van der Waals surface area contributed by atoms with Gasteiger partial charge in [-0.3, -0.25) is 9.97 Å². The Kier molecular flexibility index (Phi) is 8.90. The monoisotopic (exact) mass is 335 g/mol. The van der Waals surface area contributed by atoms with Crippen molar-refractivity contribution in [1.29, 1.82) is 0 Å². The fourth-order valence-corrected chi connectivity index (χ4v) is 1.68. The van der Waals surface area contributed by atoms with Gasteiger partial charge in [0.1, 0.15) is 0 Å². The molecule has 0 saturated heterocycles. The normalized spacial score (nSPS) is 8.38. The third-order valence-electron chi connectivity index (χ3n) is 2.34. The number of rotatable bonds is 0. The number of fused-ring (bicyclic) bond motifs is 3. The number of hydrogen-bond acceptors (Lipinski definition) is 8. The quantitative estimate of drug-likeness (QED) is 0.268. The molecule has 1 radical (unpaired) electrons. The molecule has 3 aromatic rings. The molecule has 0 bridgehead atoms. The van der Waals surface area contributed by atoms with Crippen molar-refractivity contribution in [2.24, 2.45) is 10.7 Å². The maximum absolute atomic E-state index is 8.00. The van der Waals surface area contributed by atoms with E-state index in [1.54, 1.807) is 12.4 Å². The largest absolute Gasteiger partial charge is 2.00 e. The zero-order chi connectivity index (χ0) is 14.8. The van der Waals surface area contributed by atoms with Crippen LogP contribution in [0.15, 0.2) is 59.5 Å². The first-order valence-corrected chi connectivity index (χ1v) is 5.27. The molecule has 0 aliphatic carbocycles. The van der Waals surface area contributed by atoms with E-state index in [1.807, 2.05) is 12.1 Å². The summed E-state index contributed by atoms with van der Waals surface area (Å²) in [5, 5.41) is 20.3. The van der Waals surface area contributed by atoms with E-state index in [2.05, 4.69) is 34.2 Å². The van der Waals surface area contributed by atoms with Gasteiger partial charge in [0.05, 0.1) is 11.0 Å². The van der Waals surface area contributed by atoms with Crippen molar-refractivity contribution in [3.05, 3.63) is 69.0 Å². The van der Waals surface area contributed by atoms with E-state index < -0.39 is 0 Å². The van der Waals surface area contributed by atoms with Crippen LogP contribution in [0.25, 0.3) is 21.8 Å². The van der Waals surface area contributed by atoms with Gasteiger partial charge in [0, 0.05) is 23.2 Å². The van der Waals surface area contributed by atoms with Crippen LogP contribution in [-0.2, 0) is 17.1 Å². The summed E-state index contributed by atoms with van der Waals surface area (Å²) < 4.78 is 0. The van der Waals surface area contributed by atoms with Gasteiger partial charge >= 0.3 is 17.1 Å². The average molecular weight is 336 g/mol. The minimum atomic E-state index is 0. The van der Waals surface area contributed by atoms with Crippen LogP contribution < -0.4 is 0 Å². The fraction of sp³-hybridized carbons (Fsp3) is 0. The Morgan fingerprint density at radius 1 is 0.762 bits per heavy atom. The van der Waals surface area contributed by atoms with Gasteiger partial charge in [-0.1, -0.05) is 24.3 Å². The summed E-state index contributed by atoms with van der Waals surface area (Å²) in [6.45, 7) is 0. The third-order valence-corrected chi connectivity index (χ3v) is 2.34. The van der Waals surface area contributed by atoms with Crippen molar-refractivity contribution in [2.75, 3.05) is 0 Å². The molecule has 2 aromatic heterocycles. The Bertz CT molecular complexity index is 650. The summed E-state index contributed by atoms with van der Waals surface area (Å²) in [6, 6.07) is 12.1. The predicted octanol–water partition coefficient (Wildman–Crippen LogP) is 3.28. The minimum absolute atomic E-state index is 0. The molecular formula is C12H8CuN4O4. The van der Waals surface area contributed by atoms with Gasteiger partial charge in [-0.25, -0.2) is 0 Å². The molecule has 0 atom stereocenters.